The Balaban J connectivity index is 2.00. The molecule has 96 valence electrons. The summed E-state index contributed by atoms with van der Waals surface area (Å²) in [6.07, 6.45) is 4.69. The van der Waals surface area contributed by atoms with Crippen molar-refractivity contribution in [1.29, 1.82) is 0 Å². The number of hydrogen-bond donors (Lipinski definition) is 1. The van der Waals surface area contributed by atoms with Crippen molar-refractivity contribution in [3.8, 4) is 0 Å². The van der Waals surface area contributed by atoms with Gasteiger partial charge in [-0.3, -0.25) is 9.59 Å². The van der Waals surface area contributed by atoms with Gasteiger partial charge in [0.2, 0.25) is 5.91 Å². The van der Waals surface area contributed by atoms with Gasteiger partial charge < -0.3 is 14.4 Å². The monoisotopic (exact) mass is 249 g/mol. The van der Waals surface area contributed by atoms with Gasteiger partial charge in [0.15, 0.2) is 0 Å². The van der Waals surface area contributed by atoms with Crippen molar-refractivity contribution < 1.29 is 19.1 Å². The average Bonchev–Trinajstić information content (AvgIpc) is 3.06. The average molecular weight is 249 g/mol. The number of carbonyl (C=O) groups excluding carboxylic acids is 1. The SMILES string of the molecule is Cc1ccc(C=CC(=O)N(CC(=O)O)C2CC2)o1. The van der Waals surface area contributed by atoms with Crippen LogP contribution in [0.5, 0.6) is 0 Å². The molecule has 1 amide bonds. The first-order valence-corrected chi connectivity index (χ1v) is 5.83. The zero-order chi connectivity index (χ0) is 13.1. The second-order valence-electron chi connectivity index (χ2n) is 4.37. The Morgan fingerprint density at radius 3 is 2.72 bits per heavy atom. The van der Waals surface area contributed by atoms with Gasteiger partial charge in [0.1, 0.15) is 18.1 Å². The normalized spacial score (nSPS) is 14.9. The molecule has 0 unspecified atom stereocenters. The smallest absolute Gasteiger partial charge is 0.323 e. The van der Waals surface area contributed by atoms with Crippen LogP contribution in [0, 0.1) is 6.92 Å². The lowest BCUT2D eigenvalue weighted by Crippen LogP contribution is -2.36. The van der Waals surface area contributed by atoms with Gasteiger partial charge in [0.05, 0.1) is 0 Å². The molecule has 0 radical (unpaired) electrons. The number of aliphatic carboxylic acids is 1. The zero-order valence-electron chi connectivity index (χ0n) is 10.1. The van der Waals surface area contributed by atoms with E-state index < -0.39 is 5.97 Å². The van der Waals surface area contributed by atoms with Crippen molar-refractivity contribution >= 4 is 18.0 Å². The third kappa shape index (κ3) is 3.23. The first-order chi connectivity index (χ1) is 8.56. The molecular weight excluding hydrogens is 234 g/mol. The molecule has 0 bridgehead atoms. The van der Waals surface area contributed by atoms with Gasteiger partial charge in [-0.1, -0.05) is 0 Å². The van der Waals surface area contributed by atoms with Crippen LogP contribution < -0.4 is 0 Å². The lowest BCUT2D eigenvalue weighted by Gasteiger charge is -2.17. The highest BCUT2D eigenvalue weighted by molar-refractivity contribution is 5.93. The number of furan rings is 1. The van der Waals surface area contributed by atoms with Crippen LogP contribution in [0.3, 0.4) is 0 Å². The van der Waals surface area contributed by atoms with Crippen LogP contribution >= 0.6 is 0 Å². The highest BCUT2D eigenvalue weighted by Gasteiger charge is 2.32. The number of amides is 1. The molecule has 1 fully saturated rings. The van der Waals surface area contributed by atoms with Gasteiger partial charge in [-0.05, 0) is 38.0 Å². The Kier molecular flexibility index (Phi) is 3.50. The summed E-state index contributed by atoms with van der Waals surface area (Å²) in [4.78, 5) is 23.9. The number of carboxylic acids is 1. The lowest BCUT2D eigenvalue weighted by molar-refractivity contribution is -0.143. The molecular formula is C13H15NO4. The fraction of sp³-hybridized carbons (Fsp3) is 0.385. The van der Waals surface area contributed by atoms with E-state index in [0.717, 1.165) is 18.6 Å². The van der Waals surface area contributed by atoms with Crippen LogP contribution in [0.15, 0.2) is 22.6 Å². The molecule has 1 aliphatic carbocycles. The molecule has 5 heteroatoms. The standard InChI is InChI=1S/C13H15NO4/c1-9-2-5-11(18-9)6-7-12(15)14(8-13(16)17)10-3-4-10/h2,5-7,10H,3-4,8H2,1H3,(H,16,17). The van der Waals surface area contributed by atoms with Crippen LogP contribution in [-0.4, -0.2) is 34.5 Å². The van der Waals surface area contributed by atoms with Gasteiger partial charge in [-0.25, -0.2) is 0 Å². The molecule has 18 heavy (non-hydrogen) atoms. The third-order valence-electron chi connectivity index (χ3n) is 2.73. The molecule has 0 aromatic carbocycles. The van der Waals surface area contributed by atoms with Crippen molar-refractivity contribution in [2.24, 2.45) is 0 Å². The van der Waals surface area contributed by atoms with E-state index >= 15 is 0 Å². The van der Waals surface area contributed by atoms with Crippen LogP contribution in [0.4, 0.5) is 0 Å². The Morgan fingerprint density at radius 1 is 1.50 bits per heavy atom. The molecule has 1 heterocycles. The topological polar surface area (TPSA) is 70.8 Å². The minimum absolute atomic E-state index is 0.0802. The van der Waals surface area contributed by atoms with Crippen LogP contribution in [0.2, 0.25) is 0 Å². The Labute approximate surface area is 105 Å². The largest absolute Gasteiger partial charge is 0.480 e. The second-order valence-corrected chi connectivity index (χ2v) is 4.37. The summed E-state index contributed by atoms with van der Waals surface area (Å²) in [5.41, 5.74) is 0. The minimum Gasteiger partial charge on any atom is -0.480 e. The maximum atomic E-state index is 11.9. The lowest BCUT2D eigenvalue weighted by atomic mass is 10.3. The van der Waals surface area contributed by atoms with Crippen LogP contribution in [0.1, 0.15) is 24.4 Å². The van der Waals surface area contributed by atoms with Gasteiger partial charge in [0.25, 0.3) is 0 Å². The Morgan fingerprint density at radius 2 is 2.22 bits per heavy atom. The van der Waals surface area contributed by atoms with Gasteiger partial charge in [-0.15, -0.1) is 0 Å². The van der Waals surface area contributed by atoms with E-state index in [2.05, 4.69) is 0 Å². The minimum atomic E-state index is -0.988. The number of hydrogen-bond acceptors (Lipinski definition) is 3. The molecule has 0 saturated heterocycles. The fourth-order valence-corrected chi connectivity index (χ4v) is 1.71. The third-order valence-corrected chi connectivity index (χ3v) is 2.73. The van der Waals surface area contributed by atoms with E-state index in [-0.39, 0.29) is 18.5 Å². The number of carbonyl (C=O) groups is 2. The van der Waals surface area contributed by atoms with Crippen molar-refractivity contribution in [2.75, 3.05) is 6.54 Å². The molecule has 1 aliphatic rings. The van der Waals surface area contributed by atoms with Gasteiger partial charge in [0, 0.05) is 12.1 Å². The van der Waals surface area contributed by atoms with E-state index in [0.29, 0.717) is 5.76 Å². The molecule has 1 N–H and O–H groups in total. The maximum Gasteiger partial charge on any atom is 0.323 e. The molecule has 0 aliphatic heterocycles. The summed E-state index contributed by atoms with van der Waals surface area (Å²) in [5, 5.41) is 8.76. The number of rotatable bonds is 5. The van der Waals surface area contributed by atoms with E-state index in [1.165, 1.54) is 11.0 Å². The molecule has 1 aromatic rings. The molecule has 0 spiro atoms. The second kappa shape index (κ2) is 5.08. The van der Waals surface area contributed by atoms with Crippen molar-refractivity contribution in [1.82, 2.24) is 4.90 Å². The first kappa shape index (κ1) is 12.4. The summed E-state index contributed by atoms with van der Waals surface area (Å²) in [7, 11) is 0. The number of carboxylic acid groups (broad SMARTS) is 1. The summed E-state index contributed by atoms with van der Waals surface area (Å²) in [6.45, 7) is 1.57. The maximum absolute atomic E-state index is 11.9. The first-order valence-electron chi connectivity index (χ1n) is 5.83. The number of nitrogens with zero attached hydrogens (tertiary/aromatic N) is 1. The zero-order valence-corrected chi connectivity index (χ0v) is 10.1. The Bertz CT molecular complexity index is 485. The quantitative estimate of drug-likeness (QED) is 0.806. The van der Waals surface area contributed by atoms with E-state index in [4.69, 9.17) is 9.52 Å². The molecule has 0 atom stereocenters. The van der Waals surface area contributed by atoms with Crippen molar-refractivity contribution in [3.63, 3.8) is 0 Å². The summed E-state index contributed by atoms with van der Waals surface area (Å²) in [5.74, 6) is 0.0880. The molecule has 1 saturated carbocycles. The predicted molar refractivity (Wildman–Crippen MR) is 64.8 cm³/mol. The summed E-state index contributed by atoms with van der Waals surface area (Å²) in [6, 6.07) is 3.65. The van der Waals surface area contributed by atoms with Crippen molar-refractivity contribution in [3.05, 3.63) is 29.7 Å². The predicted octanol–water partition coefficient (Wildman–Crippen LogP) is 1.68. The summed E-state index contributed by atoms with van der Waals surface area (Å²) >= 11 is 0. The van der Waals surface area contributed by atoms with E-state index in [9.17, 15) is 9.59 Å². The highest BCUT2D eigenvalue weighted by atomic mass is 16.4. The molecule has 1 aromatic heterocycles. The van der Waals surface area contributed by atoms with E-state index in [1.54, 1.807) is 18.2 Å². The highest BCUT2D eigenvalue weighted by Crippen LogP contribution is 2.26. The van der Waals surface area contributed by atoms with Crippen LogP contribution in [0.25, 0.3) is 6.08 Å². The van der Waals surface area contributed by atoms with Crippen LogP contribution in [-0.2, 0) is 9.59 Å². The van der Waals surface area contributed by atoms with Gasteiger partial charge >= 0.3 is 5.97 Å². The number of aryl methyl sites for hydroxylation is 1. The molecule has 5 nitrogen and oxygen atoms in total. The Hall–Kier alpha value is -2.04. The molecule has 2 rings (SSSR count). The van der Waals surface area contributed by atoms with Crippen molar-refractivity contribution in [2.45, 2.75) is 25.8 Å². The fourth-order valence-electron chi connectivity index (χ4n) is 1.71. The summed E-state index contributed by atoms with van der Waals surface area (Å²) < 4.78 is 5.30. The van der Waals surface area contributed by atoms with Gasteiger partial charge in [-0.2, -0.15) is 0 Å². The van der Waals surface area contributed by atoms with E-state index in [1.807, 2.05) is 6.92 Å².